The SMILES string of the molecule is Cc1ccc(N2C[C@H](C(=O)Oc3c(C)cccc3C)CC2=O)cc1Cl. The summed E-state index contributed by atoms with van der Waals surface area (Å²) >= 11 is 6.15. The van der Waals surface area contributed by atoms with Crippen LogP contribution in [0.1, 0.15) is 23.1 Å². The van der Waals surface area contributed by atoms with Crippen LogP contribution < -0.4 is 9.64 Å². The molecule has 0 aliphatic carbocycles. The van der Waals surface area contributed by atoms with Crippen LogP contribution in [0, 0.1) is 26.7 Å². The summed E-state index contributed by atoms with van der Waals surface area (Å²) in [6.07, 6.45) is 0.148. The predicted molar refractivity (Wildman–Crippen MR) is 98.2 cm³/mol. The Morgan fingerprint density at radius 1 is 1.12 bits per heavy atom. The molecule has 4 nitrogen and oxygen atoms in total. The van der Waals surface area contributed by atoms with E-state index in [0.29, 0.717) is 23.0 Å². The fourth-order valence-corrected chi connectivity index (χ4v) is 3.18. The summed E-state index contributed by atoms with van der Waals surface area (Å²) in [7, 11) is 0. The number of hydrogen-bond donors (Lipinski definition) is 0. The van der Waals surface area contributed by atoms with Gasteiger partial charge in [0, 0.05) is 23.7 Å². The largest absolute Gasteiger partial charge is 0.426 e. The highest BCUT2D eigenvalue weighted by atomic mass is 35.5. The van der Waals surface area contributed by atoms with E-state index in [-0.39, 0.29) is 18.3 Å². The second-order valence-corrected chi connectivity index (χ2v) is 6.89. The van der Waals surface area contributed by atoms with E-state index in [2.05, 4.69) is 0 Å². The summed E-state index contributed by atoms with van der Waals surface area (Å²) in [6.45, 7) is 6.01. The number of anilines is 1. The van der Waals surface area contributed by atoms with E-state index < -0.39 is 5.92 Å². The van der Waals surface area contributed by atoms with E-state index in [1.54, 1.807) is 11.0 Å². The van der Waals surface area contributed by atoms with Gasteiger partial charge in [-0.05, 0) is 49.6 Å². The third-order valence-corrected chi connectivity index (χ3v) is 4.94. The van der Waals surface area contributed by atoms with Crippen LogP contribution in [-0.4, -0.2) is 18.4 Å². The van der Waals surface area contributed by atoms with Crippen molar-refractivity contribution >= 4 is 29.2 Å². The van der Waals surface area contributed by atoms with E-state index in [9.17, 15) is 9.59 Å². The molecular weight excluding hydrogens is 338 g/mol. The highest BCUT2D eigenvalue weighted by Gasteiger charge is 2.36. The lowest BCUT2D eigenvalue weighted by Crippen LogP contribution is -2.27. The van der Waals surface area contributed by atoms with Crippen molar-refractivity contribution in [3.8, 4) is 5.75 Å². The van der Waals surface area contributed by atoms with Gasteiger partial charge in [-0.3, -0.25) is 9.59 Å². The number of nitrogens with zero attached hydrogens (tertiary/aromatic N) is 1. The maximum Gasteiger partial charge on any atom is 0.316 e. The maximum absolute atomic E-state index is 12.5. The average molecular weight is 358 g/mol. The predicted octanol–water partition coefficient (Wildman–Crippen LogP) is 4.22. The van der Waals surface area contributed by atoms with Crippen molar-refractivity contribution in [2.24, 2.45) is 5.92 Å². The molecule has 130 valence electrons. The zero-order chi connectivity index (χ0) is 18.1. The van der Waals surface area contributed by atoms with Crippen molar-refractivity contribution in [1.82, 2.24) is 0 Å². The first-order chi connectivity index (χ1) is 11.9. The molecular formula is C20H20ClNO3. The lowest BCUT2D eigenvalue weighted by molar-refractivity contribution is -0.139. The fourth-order valence-electron chi connectivity index (χ4n) is 3.01. The second kappa shape index (κ2) is 6.89. The number of halogens is 1. The van der Waals surface area contributed by atoms with Crippen molar-refractivity contribution in [3.63, 3.8) is 0 Å². The molecule has 3 rings (SSSR count). The second-order valence-electron chi connectivity index (χ2n) is 6.48. The van der Waals surface area contributed by atoms with Gasteiger partial charge in [0.1, 0.15) is 5.75 Å². The van der Waals surface area contributed by atoms with Gasteiger partial charge in [-0.15, -0.1) is 0 Å². The third kappa shape index (κ3) is 3.54. The first-order valence-corrected chi connectivity index (χ1v) is 8.59. The fraction of sp³-hybridized carbons (Fsp3) is 0.300. The molecule has 1 aliphatic rings. The average Bonchev–Trinajstić information content (AvgIpc) is 2.95. The van der Waals surface area contributed by atoms with Crippen LogP contribution in [0.3, 0.4) is 0 Å². The summed E-state index contributed by atoms with van der Waals surface area (Å²) in [5, 5.41) is 0.604. The molecule has 5 heteroatoms. The van der Waals surface area contributed by atoms with Crippen LogP contribution in [0.25, 0.3) is 0 Å². The molecule has 0 unspecified atom stereocenters. The summed E-state index contributed by atoms with van der Waals surface area (Å²) in [4.78, 5) is 26.5. The molecule has 1 atom stereocenters. The molecule has 0 aromatic heterocycles. The normalized spacial score (nSPS) is 17.0. The van der Waals surface area contributed by atoms with E-state index in [1.165, 1.54) is 0 Å². The molecule has 25 heavy (non-hydrogen) atoms. The van der Waals surface area contributed by atoms with Gasteiger partial charge in [-0.2, -0.15) is 0 Å². The molecule has 0 spiro atoms. The molecule has 0 N–H and O–H groups in total. The van der Waals surface area contributed by atoms with Gasteiger partial charge < -0.3 is 9.64 Å². The van der Waals surface area contributed by atoms with Crippen molar-refractivity contribution in [2.75, 3.05) is 11.4 Å². The minimum atomic E-state index is -0.480. The standard InChI is InChI=1S/C20H20ClNO3/c1-12-7-8-16(10-17(12)21)22-11-15(9-18(22)23)20(24)25-19-13(2)5-4-6-14(19)3/h4-8,10,15H,9,11H2,1-3H3/t15-/m1/s1. The van der Waals surface area contributed by atoms with Gasteiger partial charge in [0.05, 0.1) is 5.92 Å². The Labute approximate surface area is 152 Å². The van der Waals surface area contributed by atoms with Gasteiger partial charge in [-0.25, -0.2) is 0 Å². The number of benzene rings is 2. The number of esters is 1. The van der Waals surface area contributed by atoms with Gasteiger partial charge >= 0.3 is 5.97 Å². The number of carbonyl (C=O) groups is 2. The lowest BCUT2D eigenvalue weighted by atomic mass is 10.1. The van der Waals surface area contributed by atoms with Crippen molar-refractivity contribution in [3.05, 3.63) is 58.1 Å². The minimum absolute atomic E-state index is 0.0941. The molecule has 1 heterocycles. The Hall–Kier alpha value is -2.33. The molecule has 0 bridgehead atoms. The van der Waals surface area contributed by atoms with Gasteiger partial charge in [-0.1, -0.05) is 35.9 Å². The Morgan fingerprint density at radius 2 is 1.80 bits per heavy atom. The Balaban J connectivity index is 1.75. The molecule has 1 fully saturated rings. The number of carbonyl (C=O) groups excluding carboxylic acids is 2. The lowest BCUT2D eigenvalue weighted by Gasteiger charge is -2.18. The molecule has 2 aromatic rings. The third-order valence-electron chi connectivity index (χ3n) is 4.54. The number of aryl methyl sites for hydroxylation is 3. The molecule has 1 aliphatic heterocycles. The van der Waals surface area contributed by atoms with Crippen molar-refractivity contribution < 1.29 is 14.3 Å². The van der Waals surface area contributed by atoms with Gasteiger partial charge in [0.15, 0.2) is 0 Å². The topological polar surface area (TPSA) is 46.6 Å². The monoisotopic (exact) mass is 357 g/mol. The Morgan fingerprint density at radius 3 is 2.44 bits per heavy atom. The zero-order valence-electron chi connectivity index (χ0n) is 14.5. The highest BCUT2D eigenvalue weighted by molar-refractivity contribution is 6.31. The summed E-state index contributed by atoms with van der Waals surface area (Å²) < 4.78 is 5.59. The number of hydrogen-bond acceptors (Lipinski definition) is 3. The maximum atomic E-state index is 12.5. The van der Waals surface area contributed by atoms with Crippen LogP contribution in [0.4, 0.5) is 5.69 Å². The van der Waals surface area contributed by atoms with Crippen LogP contribution in [0.5, 0.6) is 5.75 Å². The van der Waals surface area contributed by atoms with Crippen LogP contribution in [0.2, 0.25) is 5.02 Å². The van der Waals surface area contributed by atoms with Gasteiger partial charge in [0.25, 0.3) is 0 Å². The van der Waals surface area contributed by atoms with Crippen LogP contribution in [-0.2, 0) is 9.59 Å². The summed E-state index contributed by atoms with van der Waals surface area (Å²) in [6, 6.07) is 11.2. The van der Waals surface area contributed by atoms with E-state index in [0.717, 1.165) is 16.7 Å². The van der Waals surface area contributed by atoms with Crippen molar-refractivity contribution in [1.29, 1.82) is 0 Å². The molecule has 1 saturated heterocycles. The summed E-state index contributed by atoms with van der Waals surface area (Å²) in [5.74, 6) is -0.363. The molecule has 1 amide bonds. The highest BCUT2D eigenvalue weighted by Crippen LogP contribution is 2.30. The van der Waals surface area contributed by atoms with E-state index in [1.807, 2.05) is 51.1 Å². The number of amides is 1. The minimum Gasteiger partial charge on any atom is -0.426 e. The Kier molecular flexibility index (Phi) is 4.82. The number of ether oxygens (including phenoxy) is 1. The number of para-hydroxylation sites is 1. The quantitative estimate of drug-likeness (QED) is 0.610. The first-order valence-electron chi connectivity index (χ1n) is 8.21. The summed E-state index contributed by atoms with van der Waals surface area (Å²) in [5.41, 5.74) is 3.46. The van der Waals surface area contributed by atoms with Crippen LogP contribution >= 0.6 is 11.6 Å². The van der Waals surface area contributed by atoms with E-state index in [4.69, 9.17) is 16.3 Å². The zero-order valence-corrected chi connectivity index (χ0v) is 15.3. The first kappa shape index (κ1) is 17.5. The number of rotatable bonds is 3. The van der Waals surface area contributed by atoms with Gasteiger partial charge in [0.2, 0.25) is 5.91 Å². The molecule has 2 aromatic carbocycles. The molecule has 0 radical (unpaired) electrons. The van der Waals surface area contributed by atoms with Crippen molar-refractivity contribution in [2.45, 2.75) is 27.2 Å². The van der Waals surface area contributed by atoms with E-state index >= 15 is 0 Å². The Bertz CT molecular complexity index is 827. The smallest absolute Gasteiger partial charge is 0.316 e. The van der Waals surface area contributed by atoms with Crippen LogP contribution in [0.15, 0.2) is 36.4 Å². The molecule has 0 saturated carbocycles.